The van der Waals surface area contributed by atoms with Crippen LogP contribution in [0.5, 0.6) is 17.2 Å². The second kappa shape index (κ2) is 22.2. The number of ether oxygens (including phenoxy) is 1. The maximum atomic E-state index is 15.0. The van der Waals surface area contributed by atoms with E-state index in [1.807, 2.05) is 50.2 Å². The lowest BCUT2D eigenvalue weighted by molar-refractivity contribution is 0.0975. The minimum atomic E-state index is -0.512. The molecule has 0 aliphatic heterocycles. The van der Waals surface area contributed by atoms with Gasteiger partial charge >= 0.3 is 0 Å². The number of aryl methyl sites for hydroxylation is 3. The van der Waals surface area contributed by atoms with Crippen molar-refractivity contribution in [3.63, 3.8) is 0 Å². The third-order valence-corrected chi connectivity index (χ3v) is 15.6. The molecule has 0 atom stereocenters. The molecule has 0 spiro atoms. The van der Waals surface area contributed by atoms with Crippen LogP contribution < -0.4 is 10.1 Å². The number of ketones is 2. The van der Waals surface area contributed by atoms with Gasteiger partial charge in [-0.05, 0) is 165 Å². The van der Waals surface area contributed by atoms with Gasteiger partial charge in [0, 0.05) is 22.4 Å². The summed E-state index contributed by atoms with van der Waals surface area (Å²) < 4.78 is 6.52. The number of hydrogen-bond acceptors (Lipinski definition) is 6. The monoisotopic (exact) mass is 902 g/mol. The standard InChI is InChI=1S/C61H75NO5/c1-6-9-12-15-42-17-19-44(20-18-42)38-67-61-39(4)35-48(36-40(61)5)50-33-34-51-54(57(50)63)60(66)55-53(62-49-31-23-41(24-32-49)14-11-8-3)37-52(59(65)56(55)58(51)64)47-29-27-46(28-30-47)45-25-21-43(22-26-45)16-13-10-7-2/h23-24,27-37,42-45,62-63,65H,6-22,25-26,38H2,1-5H3. The van der Waals surface area contributed by atoms with Crippen LogP contribution in [-0.2, 0) is 6.42 Å². The Hall–Kier alpha value is -5.36. The Bertz CT molecular complexity index is 2480. The Balaban J connectivity index is 1.07. The lowest BCUT2D eigenvalue weighted by atomic mass is 9.76. The molecular formula is C61H75NO5. The highest BCUT2D eigenvalue weighted by atomic mass is 16.5. The highest BCUT2D eigenvalue weighted by Gasteiger charge is 2.39. The van der Waals surface area contributed by atoms with E-state index >= 15 is 0 Å². The molecule has 2 saturated carbocycles. The van der Waals surface area contributed by atoms with Crippen molar-refractivity contribution in [1.82, 2.24) is 0 Å². The van der Waals surface area contributed by atoms with Crippen molar-refractivity contribution in [1.29, 1.82) is 0 Å². The van der Waals surface area contributed by atoms with E-state index in [-0.39, 0.29) is 33.8 Å². The molecular weight excluding hydrogens is 827 g/mol. The van der Waals surface area contributed by atoms with E-state index in [4.69, 9.17) is 4.74 Å². The van der Waals surface area contributed by atoms with Gasteiger partial charge < -0.3 is 20.3 Å². The first-order chi connectivity index (χ1) is 32.6. The van der Waals surface area contributed by atoms with Crippen LogP contribution in [0.1, 0.15) is 196 Å². The van der Waals surface area contributed by atoms with E-state index in [2.05, 4.69) is 50.4 Å². The second-order valence-electron chi connectivity index (χ2n) is 20.5. The normalized spacial score (nSPS) is 19.2. The summed E-state index contributed by atoms with van der Waals surface area (Å²) in [6, 6.07) is 25.7. The first-order valence-corrected chi connectivity index (χ1v) is 26.1. The number of fused-ring (bicyclic) bond motifs is 2. The van der Waals surface area contributed by atoms with Crippen molar-refractivity contribution in [2.45, 2.75) is 163 Å². The third kappa shape index (κ3) is 10.8. The molecule has 5 aromatic carbocycles. The van der Waals surface area contributed by atoms with E-state index in [9.17, 15) is 19.8 Å². The van der Waals surface area contributed by atoms with Gasteiger partial charge in [-0.15, -0.1) is 0 Å². The van der Waals surface area contributed by atoms with Crippen molar-refractivity contribution in [2.75, 3.05) is 11.9 Å². The molecule has 0 unspecified atom stereocenters. The van der Waals surface area contributed by atoms with Crippen molar-refractivity contribution in [2.24, 2.45) is 17.8 Å². The van der Waals surface area contributed by atoms with Gasteiger partial charge in [0.25, 0.3) is 0 Å². The Morgan fingerprint density at radius 2 is 1.12 bits per heavy atom. The number of phenolic OH excluding ortho intramolecular Hbond substituents is 2. The van der Waals surface area contributed by atoms with Crippen LogP contribution in [-0.4, -0.2) is 28.4 Å². The van der Waals surface area contributed by atoms with E-state index in [0.29, 0.717) is 35.3 Å². The number of phenols is 2. The highest BCUT2D eigenvalue weighted by Crippen LogP contribution is 2.48. The molecule has 3 N–H and O–H groups in total. The average molecular weight is 902 g/mol. The minimum Gasteiger partial charge on any atom is -0.507 e. The number of hydrogen-bond donors (Lipinski definition) is 3. The van der Waals surface area contributed by atoms with Crippen molar-refractivity contribution < 1.29 is 24.5 Å². The van der Waals surface area contributed by atoms with Gasteiger partial charge in [-0.3, -0.25) is 9.59 Å². The molecule has 0 heterocycles. The highest BCUT2D eigenvalue weighted by molar-refractivity contribution is 6.33. The van der Waals surface area contributed by atoms with Gasteiger partial charge in [0.1, 0.15) is 17.2 Å². The van der Waals surface area contributed by atoms with E-state index in [1.54, 1.807) is 18.2 Å². The number of carbonyl (C=O) groups excluding carboxylic acids is 2. The van der Waals surface area contributed by atoms with Gasteiger partial charge in [-0.1, -0.05) is 128 Å². The SMILES string of the molecule is CCCCCC1CCC(COc2c(C)cc(-c3ccc4c(c3O)C(=O)c3c(Nc5ccc(CCCC)cc5)cc(-c5ccc(C6CCC(CCCCC)CC6)cc5)c(O)c3C4=O)cc2C)CC1. The topological polar surface area (TPSA) is 95.9 Å². The first kappa shape index (κ1) is 48.1. The number of anilines is 2. The molecule has 3 aliphatic rings. The summed E-state index contributed by atoms with van der Waals surface area (Å²) in [6.07, 6.45) is 23.6. The van der Waals surface area contributed by atoms with Crippen LogP contribution in [0.4, 0.5) is 11.4 Å². The largest absolute Gasteiger partial charge is 0.507 e. The van der Waals surface area contributed by atoms with Gasteiger partial charge in [0.15, 0.2) is 5.78 Å². The Labute approximate surface area is 401 Å². The summed E-state index contributed by atoms with van der Waals surface area (Å²) in [5, 5.41) is 27.7. The molecule has 0 radical (unpaired) electrons. The first-order valence-electron chi connectivity index (χ1n) is 26.1. The van der Waals surface area contributed by atoms with Crippen molar-refractivity contribution >= 4 is 22.9 Å². The quantitative estimate of drug-likeness (QED) is 0.0554. The number of rotatable bonds is 19. The summed E-state index contributed by atoms with van der Waals surface area (Å²) in [4.78, 5) is 29.7. The maximum Gasteiger partial charge on any atom is 0.200 e. The van der Waals surface area contributed by atoms with Gasteiger partial charge in [0.05, 0.1) is 29.0 Å². The zero-order valence-electron chi connectivity index (χ0n) is 41.1. The molecule has 0 bridgehead atoms. The molecule has 6 nitrogen and oxygen atoms in total. The lowest BCUT2D eigenvalue weighted by Crippen LogP contribution is -2.23. The van der Waals surface area contributed by atoms with Crippen LogP contribution in [0.15, 0.2) is 78.9 Å². The Morgan fingerprint density at radius 1 is 0.552 bits per heavy atom. The number of aromatic hydroxyl groups is 2. The van der Waals surface area contributed by atoms with Crippen molar-refractivity contribution in [3.05, 3.63) is 123 Å². The molecule has 6 heteroatoms. The fourth-order valence-corrected chi connectivity index (χ4v) is 11.5. The third-order valence-electron chi connectivity index (χ3n) is 15.6. The molecule has 67 heavy (non-hydrogen) atoms. The zero-order valence-corrected chi connectivity index (χ0v) is 41.1. The van der Waals surface area contributed by atoms with Gasteiger partial charge in [-0.25, -0.2) is 0 Å². The summed E-state index contributed by atoms with van der Waals surface area (Å²) in [7, 11) is 0. The van der Waals surface area contributed by atoms with E-state index in [1.165, 1.54) is 114 Å². The molecule has 3 aliphatic carbocycles. The number of unbranched alkanes of at least 4 members (excludes halogenated alkanes) is 5. The van der Waals surface area contributed by atoms with E-state index in [0.717, 1.165) is 64.8 Å². The number of nitrogens with one attached hydrogen (secondary N) is 1. The lowest BCUT2D eigenvalue weighted by Gasteiger charge is -2.29. The van der Waals surface area contributed by atoms with Crippen molar-refractivity contribution in [3.8, 4) is 39.5 Å². The fourth-order valence-electron chi connectivity index (χ4n) is 11.5. The average Bonchev–Trinajstić information content (AvgIpc) is 3.34. The van der Waals surface area contributed by atoms with E-state index < -0.39 is 11.6 Å². The summed E-state index contributed by atoms with van der Waals surface area (Å²) in [6.45, 7) is 11.5. The molecule has 0 aromatic heterocycles. The van der Waals surface area contributed by atoms with Gasteiger partial charge in [-0.2, -0.15) is 0 Å². The fraction of sp³-hybridized carbons (Fsp3) is 0.475. The number of carbonyl (C=O) groups is 2. The maximum absolute atomic E-state index is 15.0. The van der Waals surface area contributed by atoms with Crippen LogP contribution in [0.3, 0.4) is 0 Å². The van der Waals surface area contributed by atoms with Gasteiger partial charge in [0.2, 0.25) is 5.78 Å². The second-order valence-corrected chi connectivity index (χ2v) is 20.5. The minimum absolute atomic E-state index is 0.0483. The van der Waals surface area contributed by atoms with Crippen LogP contribution in [0.25, 0.3) is 22.3 Å². The predicted molar refractivity (Wildman–Crippen MR) is 276 cm³/mol. The number of benzene rings is 5. The molecule has 8 rings (SSSR count). The Kier molecular flexibility index (Phi) is 15.9. The van der Waals surface area contributed by atoms with Crippen LogP contribution in [0, 0.1) is 31.6 Å². The molecule has 0 amide bonds. The zero-order chi connectivity index (χ0) is 47.0. The molecule has 2 fully saturated rings. The molecule has 354 valence electrons. The predicted octanol–water partition coefficient (Wildman–Crippen LogP) is 16.5. The Morgan fingerprint density at radius 3 is 1.73 bits per heavy atom. The van der Waals surface area contributed by atoms with Crippen LogP contribution >= 0.6 is 0 Å². The smallest absolute Gasteiger partial charge is 0.200 e. The molecule has 0 saturated heterocycles. The molecule has 5 aromatic rings. The summed E-state index contributed by atoms with van der Waals surface area (Å²) in [5.41, 5.74) is 8.08. The summed E-state index contributed by atoms with van der Waals surface area (Å²) in [5.74, 6) is 2.12. The summed E-state index contributed by atoms with van der Waals surface area (Å²) >= 11 is 0. The van der Waals surface area contributed by atoms with Crippen LogP contribution in [0.2, 0.25) is 0 Å².